The lowest BCUT2D eigenvalue weighted by Crippen LogP contribution is -2.46. The van der Waals surface area contributed by atoms with Gasteiger partial charge in [-0.25, -0.2) is 9.59 Å². The van der Waals surface area contributed by atoms with Crippen LogP contribution in [0.25, 0.3) is 0 Å². The lowest BCUT2D eigenvalue weighted by Gasteiger charge is -2.14. The molecule has 20 heavy (non-hydrogen) atoms. The maximum atomic E-state index is 11.5. The molecule has 3 amide bonds. The van der Waals surface area contributed by atoms with Crippen LogP contribution >= 0.6 is 11.8 Å². The van der Waals surface area contributed by atoms with E-state index in [-0.39, 0.29) is 12.8 Å². The molecule has 8 heteroatoms. The SMILES string of the molecule is CSCCCCCNC(=O)NC(CCC(N)=O)C(=O)O. The smallest absolute Gasteiger partial charge is 0.326 e. The fourth-order valence-electron chi connectivity index (χ4n) is 1.50. The highest BCUT2D eigenvalue weighted by Gasteiger charge is 2.20. The Morgan fingerprint density at radius 2 is 1.95 bits per heavy atom. The molecule has 7 nitrogen and oxygen atoms in total. The van der Waals surface area contributed by atoms with Gasteiger partial charge in [0, 0.05) is 13.0 Å². The standard InChI is InChI=1S/C12H23N3O4S/c1-20-8-4-2-3-7-14-12(19)15-9(11(17)18)5-6-10(13)16/h9H,2-8H2,1H3,(H2,13,16)(H,17,18)(H2,14,15,19). The highest BCUT2D eigenvalue weighted by Crippen LogP contribution is 2.01. The maximum absolute atomic E-state index is 11.5. The number of urea groups is 1. The molecule has 0 aromatic carbocycles. The number of thioether (sulfide) groups is 1. The molecule has 0 aromatic heterocycles. The lowest BCUT2D eigenvalue weighted by molar-refractivity contribution is -0.139. The third kappa shape index (κ3) is 10.5. The van der Waals surface area contributed by atoms with E-state index >= 15 is 0 Å². The van der Waals surface area contributed by atoms with Gasteiger partial charge in [-0.05, 0) is 31.3 Å². The summed E-state index contributed by atoms with van der Waals surface area (Å²) in [6.45, 7) is 0.502. The molecule has 0 saturated carbocycles. The number of primary amides is 1. The molecule has 0 aliphatic rings. The van der Waals surface area contributed by atoms with Gasteiger partial charge in [0.25, 0.3) is 0 Å². The van der Waals surface area contributed by atoms with E-state index in [0.29, 0.717) is 6.54 Å². The number of hydrogen-bond donors (Lipinski definition) is 4. The van der Waals surface area contributed by atoms with Gasteiger partial charge in [-0.3, -0.25) is 4.79 Å². The summed E-state index contributed by atoms with van der Waals surface area (Å²) in [5.74, 6) is -0.672. The third-order valence-corrected chi connectivity index (χ3v) is 3.29. The van der Waals surface area contributed by atoms with E-state index in [0.717, 1.165) is 25.0 Å². The molecule has 116 valence electrons. The van der Waals surface area contributed by atoms with Crippen molar-refractivity contribution in [3.05, 3.63) is 0 Å². The number of hydrogen-bond acceptors (Lipinski definition) is 4. The molecule has 1 atom stereocenters. The van der Waals surface area contributed by atoms with Crippen molar-refractivity contribution in [1.82, 2.24) is 10.6 Å². The predicted octanol–water partition coefficient (Wildman–Crippen LogP) is 0.538. The van der Waals surface area contributed by atoms with Crippen molar-refractivity contribution >= 4 is 29.7 Å². The highest BCUT2D eigenvalue weighted by molar-refractivity contribution is 7.98. The van der Waals surface area contributed by atoms with E-state index in [9.17, 15) is 14.4 Å². The van der Waals surface area contributed by atoms with Crippen LogP contribution in [0.2, 0.25) is 0 Å². The summed E-state index contributed by atoms with van der Waals surface area (Å²) in [5.41, 5.74) is 4.95. The molecular weight excluding hydrogens is 282 g/mol. The van der Waals surface area contributed by atoms with Crippen LogP contribution in [-0.2, 0) is 9.59 Å². The third-order valence-electron chi connectivity index (χ3n) is 2.59. The number of carboxylic acid groups (broad SMARTS) is 1. The number of aliphatic carboxylic acids is 1. The second-order valence-electron chi connectivity index (χ2n) is 4.35. The first kappa shape index (κ1) is 18.6. The van der Waals surface area contributed by atoms with Gasteiger partial charge in [0.1, 0.15) is 6.04 Å². The van der Waals surface area contributed by atoms with Crippen LogP contribution in [0, 0.1) is 0 Å². The lowest BCUT2D eigenvalue weighted by atomic mass is 10.1. The van der Waals surface area contributed by atoms with Crippen molar-refractivity contribution in [2.45, 2.75) is 38.1 Å². The summed E-state index contributed by atoms with van der Waals surface area (Å²) in [6.07, 6.45) is 4.93. The molecule has 0 aliphatic heterocycles. The summed E-state index contributed by atoms with van der Waals surface area (Å²) in [7, 11) is 0. The number of carbonyl (C=O) groups is 3. The van der Waals surface area contributed by atoms with Crippen molar-refractivity contribution in [2.75, 3.05) is 18.6 Å². The number of carboxylic acids is 1. The van der Waals surface area contributed by atoms with Crippen molar-refractivity contribution in [1.29, 1.82) is 0 Å². The van der Waals surface area contributed by atoms with E-state index < -0.39 is 23.9 Å². The molecule has 0 aliphatic carbocycles. The summed E-state index contributed by atoms with van der Waals surface area (Å²) in [4.78, 5) is 33.0. The van der Waals surface area contributed by atoms with E-state index in [4.69, 9.17) is 10.8 Å². The molecule has 0 bridgehead atoms. The molecule has 1 unspecified atom stereocenters. The Labute approximate surface area is 123 Å². The minimum Gasteiger partial charge on any atom is -0.480 e. The number of rotatable bonds is 11. The van der Waals surface area contributed by atoms with Gasteiger partial charge in [-0.1, -0.05) is 6.42 Å². The van der Waals surface area contributed by atoms with Crippen LogP contribution in [0.15, 0.2) is 0 Å². The second-order valence-corrected chi connectivity index (χ2v) is 5.34. The van der Waals surface area contributed by atoms with Crippen LogP contribution in [0.3, 0.4) is 0 Å². The first-order valence-corrected chi connectivity index (χ1v) is 7.91. The number of nitrogens with one attached hydrogen (secondary N) is 2. The Bertz CT molecular complexity index is 326. The monoisotopic (exact) mass is 305 g/mol. The molecule has 0 rings (SSSR count). The molecule has 0 radical (unpaired) electrons. The van der Waals surface area contributed by atoms with E-state index in [1.807, 2.05) is 6.26 Å². The van der Waals surface area contributed by atoms with Crippen molar-refractivity contribution in [3.63, 3.8) is 0 Å². The first-order valence-electron chi connectivity index (χ1n) is 6.51. The molecular formula is C12H23N3O4S. The van der Waals surface area contributed by atoms with Gasteiger partial charge < -0.3 is 21.5 Å². The van der Waals surface area contributed by atoms with Gasteiger partial charge in [0.2, 0.25) is 5.91 Å². The minimum absolute atomic E-state index is 0.00813. The average Bonchev–Trinajstić information content (AvgIpc) is 2.38. The largest absolute Gasteiger partial charge is 0.480 e. The average molecular weight is 305 g/mol. The Kier molecular flexibility index (Phi) is 10.6. The summed E-state index contributed by atoms with van der Waals surface area (Å²) >= 11 is 1.78. The van der Waals surface area contributed by atoms with Gasteiger partial charge >= 0.3 is 12.0 Å². The van der Waals surface area contributed by atoms with Crippen LogP contribution in [0.5, 0.6) is 0 Å². The van der Waals surface area contributed by atoms with Crippen LogP contribution in [0.1, 0.15) is 32.1 Å². The Morgan fingerprint density at radius 3 is 2.50 bits per heavy atom. The van der Waals surface area contributed by atoms with Crippen LogP contribution < -0.4 is 16.4 Å². The summed E-state index contributed by atoms with van der Waals surface area (Å²) < 4.78 is 0. The molecule has 0 heterocycles. The second kappa shape index (κ2) is 11.4. The van der Waals surface area contributed by atoms with Gasteiger partial charge in [0.05, 0.1) is 0 Å². The predicted molar refractivity (Wildman–Crippen MR) is 78.6 cm³/mol. The van der Waals surface area contributed by atoms with Crippen molar-refractivity contribution in [2.24, 2.45) is 5.73 Å². The zero-order chi connectivity index (χ0) is 15.4. The van der Waals surface area contributed by atoms with Crippen LogP contribution in [0.4, 0.5) is 4.79 Å². The van der Waals surface area contributed by atoms with Gasteiger partial charge in [-0.15, -0.1) is 0 Å². The number of unbranched alkanes of at least 4 members (excludes halogenated alkanes) is 2. The highest BCUT2D eigenvalue weighted by atomic mass is 32.2. The van der Waals surface area contributed by atoms with Crippen molar-refractivity contribution in [3.8, 4) is 0 Å². The zero-order valence-electron chi connectivity index (χ0n) is 11.7. The summed E-state index contributed by atoms with van der Waals surface area (Å²) in [6, 6.07) is -1.63. The molecule has 0 spiro atoms. The van der Waals surface area contributed by atoms with E-state index in [1.54, 1.807) is 11.8 Å². The minimum atomic E-state index is -1.18. The maximum Gasteiger partial charge on any atom is 0.326 e. The quantitative estimate of drug-likeness (QED) is 0.415. The van der Waals surface area contributed by atoms with Crippen molar-refractivity contribution < 1.29 is 19.5 Å². The molecule has 0 aromatic rings. The fourth-order valence-corrected chi connectivity index (χ4v) is 2.00. The van der Waals surface area contributed by atoms with Gasteiger partial charge in [-0.2, -0.15) is 11.8 Å². The Hall–Kier alpha value is -1.44. The van der Waals surface area contributed by atoms with Crippen LogP contribution in [-0.4, -0.2) is 47.6 Å². The number of nitrogens with two attached hydrogens (primary N) is 1. The Balaban J connectivity index is 3.84. The Morgan fingerprint density at radius 1 is 1.25 bits per heavy atom. The summed E-state index contributed by atoms with van der Waals surface area (Å²) in [5, 5.41) is 13.8. The fraction of sp³-hybridized carbons (Fsp3) is 0.750. The van der Waals surface area contributed by atoms with E-state index in [1.165, 1.54) is 0 Å². The topological polar surface area (TPSA) is 122 Å². The van der Waals surface area contributed by atoms with E-state index in [2.05, 4.69) is 10.6 Å². The zero-order valence-corrected chi connectivity index (χ0v) is 12.5. The number of carbonyl (C=O) groups excluding carboxylic acids is 2. The van der Waals surface area contributed by atoms with Gasteiger partial charge in [0.15, 0.2) is 0 Å². The number of amides is 3. The normalized spacial score (nSPS) is 11.7. The molecule has 0 saturated heterocycles. The molecule has 0 fully saturated rings. The first-order chi connectivity index (χ1) is 9.47. The molecule has 5 N–H and O–H groups in total.